The summed E-state index contributed by atoms with van der Waals surface area (Å²) in [5.41, 5.74) is 1.17. The highest BCUT2D eigenvalue weighted by molar-refractivity contribution is 5.46. The third kappa shape index (κ3) is 6.53. The van der Waals surface area contributed by atoms with E-state index in [1.807, 2.05) is 12.1 Å². The molecule has 0 heterocycles. The summed E-state index contributed by atoms with van der Waals surface area (Å²) in [6, 6.07) is 8.26. The molecule has 0 aliphatic carbocycles. The number of hydrogen-bond acceptors (Lipinski definition) is 2. The molecule has 0 bridgehead atoms. The van der Waals surface area contributed by atoms with Gasteiger partial charge in [-0.2, -0.15) is 0 Å². The van der Waals surface area contributed by atoms with E-state index >= 15 is 0 Å². The fraction of sp³-hybridized carbons (Fsp3) is 0.625. The lowest BCUT2D eigenvalue weighted by Crippen LogP contribution is -2.07. The van der Waals surface area contributed by atoms with Gasteiger partial charge in [0.2, 0.25) is 0 Å². The van der Waals surface area contributed by atoms with Gasteiger partial charge in [0.1, 0.15) is 5.75 Å². The maximum atomic E-state index is 5.71. The average molecular weight is 249 g/mol. The van der Waals surface area contributed by atoms with Gasteiger partial charge in [-0.25, -0.2) is 0 Å². The van der Waals surface area contributed by atoms with E-state index in [9.17, 15) is 0 Å². The molecule has 0 atom stereocenters. The van der Waals surface area contributed by atoms with E-state index in [0.717, 1.165) is 25.3 Å². The highest BCUT2D eigenvalue weighted by Gasteiger charge is 1.97. The molecule has 0 unspecified atom stereocenters. The molecule has 1 N–H and O–H groups in total. The number of unbranched alkanes of at least 4 members (excludes halogenated alkanes) is 3. The van der Waals surface area contributed by atoms with E-state index in [1.165, 1.54) is 24.9 Å². The Morgan fingerprint density at radius 1 is 1.06 bits per heavy atom. The summed E-state index contributed by atoms with van der Waals surface area (Å²) >= 11 is 0. The van der Waals surface area contributed by atoms with E-state index in [4.69, 9.17) is 4.74 Å². The molecule has 0 radical (unpaired) electrons. The smallest absolute Gasteiger partial charge is 0.119 e. The van der Waals surface area contributed by atoms with Crippen molar-refractivity contribution in [3.8, 4) is 5.75 Å². The number of rotatable bonds is 9. The van der Waals surface area contributed by atoms with Crippen LogP contribution in [0.2, 0.25) is 0 Å². The molecule has 0 spiro atoms. The van der Waals surface area contributed by atoms with Crippen molar-refractivity contribution in [3.63, 3.8) is 0 Å². The molecule has 1 aromatic carbocycles. The number of nitrogens with one attached hydrogen (secondary N) is 1. The number of anilines is 1. The van der Waals surface area contributed by atoms with Gasteiger partial charge in [-0.05, 0) is 36.6 Å². The molecule has 102 valence electrons. The van der Waals surface area contributed by atoms with Crippen molar-refractivity contribution in [2.45, 2.75) is 46.5 Å². The van der Waals surface area contributed by atoms with Gasteiger partial charge < -0.3 is 10.1 Å². The summed E-state index contributed by atoms with van der Waals surface area (Å²) in [5.74, 6) is 1.64. The zero-order chi connectivity index (χ0) is 13.2. The van der Waals surface area contributed by atoms with Crippen molar-refractivity contribution < 1.29 is 4.74 Å². The Kier molecular flexibility index (Phi) is 7.31. The molecule has 0 saturated carbocycles. The zero-order valence-corrected chi connectivity index (χ0v) is 12.0. The van der Waals surface area contributed by atoms with Gasteiger partial charge in [0.25, 0.3) is 0 Å². The number of ether oxygens (including phenoxy) is 1. The summed E-state index contributed by atoms with van der Waals surface area (Å²) in [4.78, 5) is 0. The normalized spacial score (nSPS) is 10.7. The number of benzene rings is 1. The van der Waals surface area contributed by atoms with Crippen LogP contribution < -0.4 is 10.1 Å². The Labute approximate surface area is 112 Å². The van der Waals surface area contributed by atoms with Gasteiger partial charge in [0.15, 0.2) is 0 Å². The van der Waals surface area contributed by atoms with E-state index in [-0.39, 0.29) is 0 Å². The first-order valence-electron chi connectivity index (χ1n) is 7.19. The van der Waals surface area contributed by atoms with Crippen molar-refractivity contribution in [2.24, 2.45) is 5.92 Å². The van der Waals surface area contributed by atoms with Crippen LogP contribution in [0, 0.1) is 5.92 Å². The van der Waals surface area contributed by atoms with Crippen molar-refractivity contribution >= 4 is 5.69 Å². The topological polar surface area (TPSA) is 21.3 Å². The van der Waals surface area contributed by atoms with E-state index in [0.29, 0.717) is 5.92 Å². The largest absolute Gasteiger partial charge is 0.494 e. The fourth-order valence-electron chi connectivity index (χ4n) is 1.71. The third-order valence-corrected chi connectivity index (χ3v) is 2.84. The Morgan fingerprint density at radius 2 is 1.78 bits per heavy atom. The van der Waals surface area contributed by atoms with Gasteiger partial charge in [-0.3, -0.25) is 0 Å². The molecule has 1 rings (SSSR count). The van der Waals surface area contributed by atoms with Gasteiger partial charge in [0, 0.05) is 12.2 Å². The molecule has 0 aliphatic rings. The van der Waals surface area contributed by atoms with Crippen LogP contribution in [0.15, 0.2) is 24.3 Å². The predicted molar refractivity (Wildman–Crippen MR) is 79.4 cm³/mol. The molecule has 2 nitrogen and oxygen atoms in total. The predicted octanol–water partition coefficient (Wildman–Crippen LogP) is 4.71. The first kappa shape index (κ1) is 14.9. The standard InChI is InChI=1S/C16H27NO/c1-4-5-6-7-12-18-16-10-8-15(9-11-16)17-13-14(2)3/h8-11,14,17H,4-7,12-13H2,1-3H3. The summed E-state index contributed by atoms with van der Waals surface area (Å²) in [7, 11) is 0. The molecule has 1 aromatic rings. The van der Waals surface area contributed by atoms with Crippen LogP contribution in [0.25, 0.3) is 0 Å². The van der Waals surface area contributed by atoms with Crippen LogP contribution in [0.5, 0.6) is 5.75 Å². The van der Waals surface area contributed by atoms with Crippen LogP contribution in [0.4, 0.5) is 5.69 Å². The van der Waals surface area contributed by atoms with Gasteiger partial charge >= 0.3 is 0 Å². The first-order chi connectivity index (χ1) is 8.72. The molecule has 18 heavy (non-hydrogen) atoms. The second kappa shape index (κ2) is 8.84. The van der Waals surface area contributed by atoms with Crippen molar-refractivity contribution in [2.75, 3.05) is 18.5 Å². The van der Waals surface area contributed by atoms with Crippen molar-refractivity contribution in [1.29, 1.82) is 0 Å². The van der Waals surface area contributed by atoms with Gasteiger partial charge in [0.05, 0.1) is 6.61 Å². The van der Waals surface area contributed by atoms with E-state index in [2.05, 4.69) is 38.2 Å². The summed E-state index contributed by atoms with van der Waals surface area (Å²) in [6.07, 6.45) is 5.00. The lowest BCUT2D eigenvalue weighted by molar-refractivity contribution is 0.305. The Hall–Kier alpha value is -1.18. The molecule has 0 aromatic heterocycles. The minimum Gasteiger partial charge on any atom is -0.494 e. The Bertz CT molecular complexity index is 305. The maximum Gasteiger partial charge on any atom is 0.119 e. The fourth-order valence-corrected chi connectivity index (χ4v) is 1.71. The first-order valence-corrected chi connectivity index (χ1v) is 7.19. The summed E-state index contributed by atoms with van der Waals surface area (Å²) < 4.78 is 5.71. The van der Waals surface area contributed by atoms with Crippen molar-refractivity contribution in [1.82, 2.24) is 0 Å². The Balaban J connectivity index is 2.23. The lowest BCUT2D eigenvalue weighted by atomic mass is 10.2. The number of hydrogen-bond donors (Lipinski definition) is 1. The summed E-state index contributed by atoms with van der Waals surface area (Å²) in [5, 5.41) is 3.40. The molecular weight excluding hydrogens is 222 g/mol. The second-order valence-corrected chi connectivity index (χ2v) is 5.21. The second-order valence-electron chi connectivity index (χ2n) is 5.21. The van der Waals surface area contributed by atoms with Crippen LogP contribution in [0.3, 0.4) is 0 Å². The van der Waals surface area contributed by atoms with Crippen LogP contribution >= 0.6 is 0 Å². The zero-order valence-electron chi connectivity index (χ0n) is 12.0. The lowest BCUT2D eigenvalue weighted by Gasteiger charge is -2.10. The minimum absolute atomic E-state index is 0.666. The Morgan fingerprint density at radius 3 is 2.39 bits per heavy atom. The summed E-state index contributed by atoms with van der Waals surface area (Å²) in [6.45, 7) is 8.49. The van der Waals surface area contributed by atoms with Gasteiger partial charge in [-0.15, -0.1) is 0 Å². The van der Waals surface area contributed by atoms with Gasteiger partial charge in [-0.1, -0.05) is 40.0 Å². The van der Waals surface area contributed by atoms with E-state index < -0.39 is 0 Å². The molecule has 0 fully saturated rings. The molecule has 0 aliphatic heterocycles. The molecular formula is C16H27NO. The molecule has 0 saturated heterocycles. The highest BCUT2D eigenvalue weighted by Crippen LogP contribution is 2.16. The quantitative estimate of drug-likeness (QED) is 0.640. The minimum atomic E-state index is 0.666. The maximum absolute atomic E-state index is 5.71. The average Bonchev–Trinajstić information content (AvgIpc) is 2.37. The van der Waals surface area contributed by atoms with Crippen molar-refractivity contribution in [3.05, 3.63) is 24.3 Å². The molecule has 0 amide bonds. The van der Waals surface area contributed by atoms with Crippen LogP contribution in [-0.2, 0) is 0 Å². The van der Waals surface area contributed by atoms with Crippen LogP contribution in [-0.4, -0.2) is 13.2 Å². The SMILES string of the molecule is CCCCCCOc1ccc(NCC(C)C)cc1. The molecule has 2 heteroatoms. The van der Waals surface area contributed by atoms with E-state index in [1.54, 1.807) is 0 Å². The highest BCUT2D eigenvalue weighted by atomic mass is 16.5. The van der Waals surface area contributed by atoms with Crippen LogP contribution in [0.1, 0.15) is 46.5 Å². The third-order valence-electron chi connectivity index (χ3n) is 2.84. The monoisotopic (exact) mass is 249 g/mol.